The second kappa shape index (κ2) is 9.76. The maximum absolute atomic E-state index is 13.1. The molecule has 0 aliphatic carbocycles. The first-order valence-electron chi connectivity index (χ1n) is 9.98. The zero-order valence-electron chi connectivity index (χ0n) is 17.8. The molecule has 0 spiro atoms. The van der Waals surface area contributed by atoms with Gasteiger partial charge in [0.2, 0.25) is 5.13 Å². The van der Waals surface area contributed by atoms with Gasteiger partial charge in [-0.25, -0.2) is 4.98 Å². The molecule has 1 fully saturated rings. The van der Waals surface area contributed by atoms with Crippen LogP contribution < -0.4 is 14.8 Å². The van der Waals surface area contributed by atoms with E-state index in [4.69, 9.17) is 25.8 Å². The van der Waals surface area contributed by atoms with Gasteiger partial charge in [0.15, 0.2) is 0 Å². The molecule has 11 heteroatoms. The number of hydrogen-bond acceptors (Lipinski definition) is 9. The molecule has 1 aliphatic rings. The quantitative estimate of drug-likeness (QED) is 0.510. The predicted molar refractivity (Wildman–Crippen MR) is 121 cm³/mol. The number of aromatic nitrogens is 4. The van der Waals surface area contributed by atoms with Gasteiger partial charge >= 0.3 is 0 Å². The fourth-order valence-electron chi connectivity index (χ4n) is 3.45. The maximum Gasteiger partial charge on any atom is 0.295 e. The van der Waals surface area contributed by atoms with Crippen molar-refractivity contribution < 1.29 is 19.0 Å². The van der Waals surface area contributed by atoms with Crippen LogP contribution >= 0.6 is 22.9 Å². The van der Waals surface area contributed by atoms with E-state index >= 15 is 0 Å². The topological polar surface area (TPSA) is 108 Å². The third kappa shape index (κ3) is 5.14. The van der Waals surface area contributed by atoms with Gasteiger partial charge < -0.3 is 14.2 Å². The van der Waals surface area contributed by atoms with Crippen molar-refractivity contribution in [3.8, 4) is 22.1 Å². The Bertz CT molecular complexity index is 1130. The molecular formula is C21H22ClN5O4S. The number of nitrogens with one attached hydrogen (secondary N) is 1. The van der Waals surface area contributed by atoms with Crippen molar-refractivity contribution in [2.24, 2.45) is 5.92 Å². The van der Waals surface area contributed by atoms with Gasteiger partial charge in [-0.1, -0.05) is 16.7 Å². The zero-order valence-corrected chi connectivity index (χ0v) is 19.4. The highest BCUT2D eigenvalue weighted by molar-refractivity contribution is 7.17. The van der Waals surface area contributed by atoms with E-state index in [2.05, 4.69) is 25.5 Å². The van der Waals surface area contributed by atoms with E-state index in [0.717, 1.165) is 23.5 Å². The smallest absolute Gasteiger partial charge is 0.295 e. The molecule has 1 N–H and O–H groups in total. The Balaban J connectivity index is 1.51. The van der Waals surface area contributed by atoms with Crippen LogP contribution in [0.4, 0.5) is 5.13 Å². The summed E-state index contributed by atoms with van der Waals surface area (Å²) < 4.78 is 16.7. The van der Waals surface area contributed by atoms with Crippen molar-refractivity contribution in [2.45, 2.75) is 26.4 Å². The highest BCUT2D eigenvalue weighted by atomic mass is 35.5. The van der Waals surface area contributed by atoms with Crippen LogP contribution in [0, 0.1) is 12.8 Å². The SMILES string of the molecule is COc1cnc(Cl)cc1-c1cc(C)ncc1C(=O)Nc1nnc(OC[C@H]2CO[C@H](C)C2)s1. The molecule has 3 aromatic heterocycles. The zero-order chi connectivity index (χ0) is 22.7. The Kier molecular flexibility index (Phi) is 6.83. The minimum Gasteiger partial charge on any atom is -0.494 e. The van der Waals surface area contributed by atoms with E-state index in [9.17, 15) is 4.79 Å². The molecule has 32 heavy (non-hydrogen) atoms. The van der Waals surface area contributed by atoms with Crippen molar-refractivity contribution >= 4 is 34.0 Å². The molecule has 3 aromatic rings. The van der Waals surface area contributed by atoms with E-state index in [-0.39, 0.29) is 17.2 Å². The van der Waals surface area contributed by atoms with Gasteiger partial charge in [-0.3, -0.25) is 15.1 Å². The average Bonchev–Trinajstić information content (AvgIpc) is 3.40. The molecule has 0 saturated carbocycles. The number of carbonyl (C=O) groups excluding carboxylic acids is 1. The second-order valence-corrected chi connectivity index (χ2v) is 8.79. The molecule has 0 bridgehead atoms. The molecular weight excluding hydrogens is 454 g/mol. The summed E-state index contributed by atoms with van der Waals surface area (Å²) >= 11 is 7.25. The van der Waals surface area contributed by atoms with Gasteiger partial charge in [-0.05, 0) is 43.7 Å². The van der Waals surface area contributed by atoms with Crippen molar-refractivity contribution in [1.82, 2.24) is 20.2 Å². The fourth-order valence-corrected chi connectivity index (χ4v) is 4.21. The Morgan fingerprint density at radius 1 is 1.28 bits per heavy atom. The van der Waals surface area contributed by atoms with Crippen LogP contribution in [0.1, 0.15) is 29.4 Å². The van der Waals surface area contributed by atoms with Crippen LogP contribution in [0.15, 0.2) is 24.5 Å². The molecule has 2 atom stereocenters. The normalized spacial score (nSPS) is 17.9. The van der Waals surface area contributed by atoms with Crippen LogP contribution in [-0.4, -0.2) is 52.5 Å². The third-order valence-electron chi connectivity index (χ3n) is 4.98. The Morgan fingerprint density at radius 2 is 2.12 bits per heavy atom. The van der Waals surface area contributed by atoms with E-state index in [0.29, 0.717) is 51.9 Å². The lowest BCUT2D eigenvalue weighted by Crippen LogP contribution is -2.14. The van der Waals surface area contributed by atoms with Gasteiger partial charge in [-0.15, -0.1) is 5.10 Å². The molecule has 1 aliphatic heterocycles. The first-order chi connectivity index (χ1) is 15.4. The minimum absolute atomic E-state index is 0.249. The average molecular weight is 476 g/mol. The highest BCUT2D eigenvalue weighted by Gasteiger charge is 2.23. The van der Waals surface area contributed by atoms with Gasteiger partial charge in [0.05, 0.1) is 38.2 Å². The van der Waals surface area contributed by atoms with Crippen LogP contribution in [0.2, 0.25) is 5.15 Å². The lowest BCUT2D eigenvalue weighted by molar-refractivity contribution is 0.102. The van der Waals surface area contributed by atoms with Crippen LogP contribution in [-0.2, 0) is 4.74 Å². The summed E-state index contributed by atoms with van der Waals surface area (Å²) in [4.78, 5) is 21.4. The molecule has 1 amide bonds. The number of nitrogens with zero attached hydrogens (tertiary/aromatic N) is 4. The van der Waals surface area contributed by atoms with E-state index < -0.39 is 0 Å². The summed E-state index contributed by atoms with van der Waals surface area (Å²) in [5, 5.41) is 11.8. The number of hydrogen-bond donors (Lipinski definition) is 1. The van der Waals surface area contributed by atoms with Gasteiger partial charge in [0.1, 0.15) is 10.9 Å². The van der Waals surface area contributed by atoms with Crippen LogP contribution in [0.25, 0.3) is 11.1 Å². The lowest BCUT2D eigenvalue weighted by Gasteiger charge is -2.13. The number of halogens is 1. The molecule has 4 heterocycles. The summed E-state index contributed by atoms with van der Waals surface area (Å²) in [5.41, 5.74) is 2.33. The largest absolute Gasteiger partial charge is 0.494 e. The highest BCUT2D eigenvalue weighted by Crippen LogP contribution is 2.34. The van der Waals surface area contributed by atoms with Crippen molar-refractivity contribution in [3.05, 3.63) is 40.9 Å². The van der Waals surface area contributed by atoms with E-state index in [1.165, 1.54) is 19.5 Å². The molecule has 168 valence electrons. The third-order valence-corrected chi connectivity index (χ3v) is 5.94. The predicted octanol–water partition coefficient (Wildman–Crippen LogP) is 4.02. The summed E-state index contributed by atoms with van der Waals surface area (Å²) in [6.07, 6.45) is 4.22. The summed E-state index contributed by atoms with van der Waals surface area (Å²) in [6.45, 7) is 5.06. The number of rotatable bonds is 7. The number of methoxy groups -OCH3 is 1. The van der Waals surface area contributed by atoms with Gasteiger partial charge in [0.25, 0.3) is 11.1 Å². The van der Waals surface area contributed by atoms with E-state index in [1.54, 1.807) is 12.1 Å². The molecule has 0 unspecified atom stereocenters. The first-order valence-corrected chi connectivity index (χ1v) is 11.2. The minimum atomic E-state index is -0.386. The second-order valence-electron chi connectivity index (χ2n) is 7.46. The van der Waals surface area contributed by atoms with Crippen LogP contribution in [0.3, 0.4) is 0 Å². The molecule has 4 rings (SSSR count). The summed E-state index contributed by atoms with van der Waals surface area (Å²) in [6, 6.07) is 3.44. The number of pyridine rings is 2. The number of aryl methyl sites for hydroxylation is 1. The summed E-state index contributed by atoms with van der Waals surface area (Å²) in [7, 11) is 1.53. The van der Waals surface area contributed by atoms with Gasteiger partial charge in [0, 0.05) is 28.9 Å². The van der Waals surface area contributed by atoms with Crippen molar-refractivity contribution in [3.63, 3.8) is 0 Å². The number of carbonyl (C=O) groups is 1. The van der Waals surface area contributed by atoms with E-state index in [1.807, 2.05) is 13.8 Å². The fraction of sp³-hybridized carbons (Fsp3) is 0.381. The Morgan fingerprint density at radius 3 is 2.88 bits per heavy atom. The van der Waals surface area contributed by atoms with Gasteiger partial charge in [-0.2, -0.15) is 0 Å². The summed E-state index contributed by atoms with van der Waals surface area (Å²) in [5.74, 6) is 0.435. The number of ether oxygens (including phenoxy) is 3. The Hall–Kier alpha value is -2.82. The molecule has 0 radical (unpaired) electrons. The number of amides is 1. The molecule has 0 aromatic carbocycles. The monoisotopic (exact) mass is 475 g/mol. The molecule has 9 nitrogen and oxygen atoms in total. The first kappa shape index (κ1) is 22.4. The standard InChI is InChI=1S/C21H22ClN5O4S/c1-11-4-14(15-6-18(22)24-8-17(15)29-3)16(7-23-11)19(28)25-20-26-27-21(32-20)31-10-13-5-12(2)30-9-13/h4,6-8,12-13H,5,9-10H2,1-3H3,(H,25,26,28)/t12-,13-/m1/s1. The number of anilines is 1. The Labute approximate surface area is 194 Å². The van der Waals surface area contributed by atoms with Crippen LogP contribution in [0.5, 0.6) is 10.9 Å². The lowest BCUT2D eigenvalue weighted by atomic mass is 10.0. The maximum atomic E-state index is 13.1. The van der Waals surface area contributed by atoms with Crippen molar-refractivity contribution in [1.29, 1.82) is 0 Å². The molecule has 1 saturated heterocycles. The van der Waals surface area contributed by atoms with Crippen molar-refractivity contribution in [2.75, 3.05) is 25.6 Å².